The van der Waals surface area contributed by atoms with Crippen LogP contribution in [0, 0.1) is 0 Å². The van der Waals surface area contributed by atoms with Gasteiger partial charge in [0.2, 0.25) is 0 Å². The fourth-order valence-electron chi connectivity index (χ4n) is 3.08. The van der Waals surface area contributed by atoms with E-state index in [-0.39, 0.29) is 0 Å². The molecule has 0 unspecified atom stereocenters. The second-order valence-electron chi connectivity index (χ2n) is 5.96. The number of halogens is 1. The van der Waals surface area contributed by atoms with Gasteiger partial charge in [-0.2, -0.15) is 0 Å². The molecule has 0 atom stereocenters. The molecule has 0 aliphatic carbocycles. The standard InChI is InChI=1S/C18H19ClN4O2/c1-24-14-4-2-13(3-5-14)11-23-12-20-17-15(10-16(19)21-18(17)23)22-6-8-25-9-7-22/h2-5,10,12H,6-9,11H2,1H3. The number of morpholine rings is 1. The molecule has 1 saturated heterocycles. The van der Waals surface area contributed by atoms with Crippen LogP contribution in [0.3, 0.4) is 0 Å². The zero-order chi connectivity index (χ0) is 17.2. The molecule has 1 aliphatic rings. The van der Waals surface area contributed by atoms with Crippen LogP contribution in [0.15, 0.2) is 36.7 Å². The molecule has 0 N–H and O–H groups in total. The first-order valence-corrected chi connectivity index (χ1v) is 8.59. The number of pyridine rings is 1. The lowest BCUT2D eigenvalue weighted by Gasteiger charge is -2.29. The predicted octanol–water partition coefficient (Wildman–Crippen LogP) is 2.98. The summed E-state index contributed by atoms with van der Waals surface area (Å²) in [5, 5.41) is 0.477. The van der Waals surface area contributed by atoms with Gasteiger partial charge in [-0.25, -0.2) is 9.97 Å². The lowest BCUT2D eigenvalue weighted by atomic mass is 10.2. The zero-order valence-electron chi connectivity index (χ0n) is 14.0. The monoisotopic (exact) mass is 358 g/mol. The van der Waals surface area contributed by atoms with Crippen molar-refractivity contribution in [3.05, 3.63) is 47.4 Å². The highest BCUT2D eigenvalue weighted by atomic mass is 35.5. The van der Waals surface area contributed by atoms with Crippen LogP contribution >= 0.6 is 11.6 Å². The number of aromatic nitrogens is 3. The maximum absolute atomic E-state index is 6.29. The van der Waals surface area contributed by atoms with Gasteiger partial charge in [0.25, 0.3) is 0 Å². The van der Waals surface area contributed by atoms with Crippen LogP contribution in [-0.4, -0.2) is 47.9 Å². The number of hydrogen-bond acceptors (Lipinski definition) is 5. The number of fused-ring (bicyclic) bond motifs is 1. The average Bonchev–Trinajstić information content (AvgIpc) is 3.05. The summed E-state index contributed by atoms with van der Waals surface area (Å²) >= 11 is 6.29. The van der Waals surface area contributed by atoms with Crippen LogP contribution in [0.1, 0.15) is 5.56 Å². The average molecular weight is 359 g/mol. The van der Waals surface area contributed by atoms with Crippen molar-refractivity contribution in [2.45, 2.75) is 6.54 Å². The Morgan fingerprint density at radius 2 is 1.96 bits per heavy atom. The molecule has 25 heavy (non-hydrogen) atoms. The first-order valence-electron chi connectivity index (χ1n) is 8.21. The van der Waals surface area contributed by atoms with E-state index in [1.165, 1.54) is 0 Å². The van der Waals surface area contributed by atoms with Crippen LogP contribution in [-0.2, 0) is 11.3 Å². The maximum atomic E-state index is 6.29. The highest BCUT2D eigenvalue weighted by Crippen LogP contribution is 2.28. The summed E-state index contributed by atoms with van der Waals surface area (Å²) in [6.07, 6.45) is 1.82. The van der Waals surface area contributed by atoms with E-state index in [4.69, 9.17) is 21.1 Å². The van der Waals surface area contributed by atoms with Gasteiger partial charge in [0.15, 0.2) is 5.65 Å². The zero-order valence-corrected chi connectivity index (χ0v) is 14.7. The van der Waals surface area contributed by atoms with E-state index in [1.807, 2.05) is 41.2 Å². The summed E-state index contributed by atoms with van der Waals surface area (Å²) in [5.41, 5.74) is 3.84. The normalized spacial score (nSPS) is 14.9. The van der Waals surface area contributed by atoms with Gasteiger partial charge >= 0.3 is 0 Å². The van der Waals surface area contributed by atoms with Crippen molar-refractivity contribution in [2.24, 2.45) is 0 Å². The van der Waals surface area contributed by atoms with E-state index in [0.29, 0.717) is 24.9 Å². The second kappa shape index (κ2) is 6.90. The molecule has 0 amide bonds. The topological polar surface area (TPSA) is 52.4 Å². The van der Waals surface area contributed by atoms with Crippen molar-refractivity contribution < 1.29 is 9.47 Å². The van der Waals surface area contributed by atoms with E-state index in [9.17, 15) is 0 Å². The van der Waals surface area contributed by atoms with Crippen LogP contribution < -0.4 is 9.64 Å². The minimum absolute atomic E-state index is 0.477. The Morgan fingerprint density at radius 3 is 2.68 bits per heavy atom. The van der Waals surface area contributed by atoms with Crippen LogP contribution in [0.25, 0.3) is 11.2 Å². The quantitative estimate of drug-likeness (QED) is 0.671. The molecule has 1 aliphatic heterocycles. The van der Waals surface area contributed by atoms with E-state index in [1.54, 1.807) is 7.11 Å². The molecule has 1 aromatic carbocycles. The molecule has 0 bridgehead atoms. The lowest BCUT2D eigenvalue weighted by molar-refractivity contribution is 0.123. The summed E-state index contributed by atoms with van der Waals surface area (Å²) in [6, 6.07) is 9.87. The van der Waals surface area contributed by atoms with Crippen molar-refractivity contribution >= 4 is 28.5 Å². The summed E-state index contributed by atoms with van der Waals surface area (Å²) in [7, 11) is 1.66. The molecular weight excluding hydrogens is 340 g/mol. The molecule has 130 valence electrons. The largest absolute Gasteiger partial charge is 0.497 e. The minimum atomic E-state index is 0.477. The number of anilines is 1. The molecule has 7 heteroatoms. The molecule has 6 nitrogen and oxygen atoms in total. The smallest absolute Gasteiger partial charge is 0.163 e. The Morgan fingerprint density at radius 1 is 1.20 bits per heavy atom. The first kappa shape index (κ1) is 16.2. The van der Waals surface area contributed by atoms with Crippen molar-refractivity contribution in [1.82, 2.24) is 14.5 Å². The highest BCUT2D eigenvalue weighted by Gasteiger charge is 2.18. The maximum Gasteiger partial charge on any atom is 0.163 e. The molecule has 1 fully saturated rings. The molecule has 3 heterocycles. The SMILES string of the molecule is COc1ccc(Cn2cnc3c(N4CCOCC4)cc(Cl)nc32)cc1. The number of hydrogen-bond donors (Lipinski definition) is 0. The number of rotatable bonds is 4. The van der Waals surface area contributed by atoms with Crippen LogP contribution in [0.5, 0.6) is 5.75 Å². The highest BCUT2D eigenvalue weighted by molar-refractivity contribution is 6.30. The van der Waals surface area contributed by atoms with Crippen molar-refractivity contribution in [1.29, 1.82) is 0 Å². The van der Waals surface area contributed by atoms with E-state index in [2.05, 4.69) is 14.9 Å². The van der Waals surface area contributed by atoms with Gasteiger partial charge in [-0.05, 0) is 17.7 Å². The number of ether oxygens (including phenoxy) is 2. The number of imidazole rings is 1. The van der Waals surface area contributed by atoms with Gasteiger partial charge in [-0.3, -0.25) is 0 Å². The van der Waals surface area contributed by atoms with Crippen molar-refractivity contribution in [2.75, 3.05) is 38.3 Å². The molecule has 3 aromatic rings. The fourth-order valence-corrected chi connectivity index (χ4v) is 3.26. The lowest BCUT2D eigenvalue weighted by Crippen LogP contribution is -2.36. The number of benzene rings is 1. The third-order valence-electron chi connectivity index (χ3n) is 4.38. The Labute approximate surface area is 151 Å². The fraction of sp³-hybridized carbons (Fsp3) is 0.333. The molecule has 0 saturated carbocycles. The summed E-state index contributed by atoms with van der Waals surface area (Å²) in [5.74, 6) is 0.843. The van der Waals surface area contributed by atoms with E-state index in [0.717, 1.165) is 41.3 Å². The van der Waals surface area contributed by atoms with Gasteiger partial charge in [0.05, 0.1) is 38.9 Å². The summed E-state index contributed by atoms with van der Waals surface area (Å²) in [4.78, 5) is 11.4. The Kier molecular flexibility index (Phi) is 4.46. The van der Waals surface area contributed by atoms with Gasteiger partial charge < -0.3 is 18.9 Å². The van der Waals surface area contributed by atoms with E-state index >= 15 is 0 Å². The molecule has 0 radical (unpaired) electrons. The third kappa shape index (κ3) is 3.27. The summed E-state index contributed by atoms with van der Waals surface area (Å²) in [6.45, 7) is 3.78. The predicted molar refractivity (Wildman–Crippen MR) is 97.7 cm³/mol. The van der Waals surface area contributed by atoms with Gasteiger partial charge in [0.1, 0.15) is 16.4 Å². The van der Waals surface area contributed by atoms with Crippen LogP contribution in [0.4, 0.5) is 5.69 Å². The summed E-state index contributed by atoms with van der Waals surface area (Å²) < 4.78 is 12.7. The second-order valence-corrected chi connectivity index (χ2v) is 6.34. The molecule has 4 rings (SSSR count). The number of methoxy groups -OCH3 is 1. The Bertz CT molecular complexity index is 873. The van der Waals surface area contributed by atoms with Crippen LogP contribution in [0.2, 0.25) is 5.15 Å². The number of nitrogens with zero attached hydrogens (tertiary/aromatic N) is 4. The van der Waals surface area contributed by atoms with Gasteiger partial charge in [-0.1, -0.05) is 23.7 Å². The third-order valence-corrected chi connectivity index (χ3v) is 4.58. The Hall–Kier alpha value is -2.31. The molecule has 0 spiro atoms. The van der Waals surface area contributed by atoms with Gasteiger partial charge in [0, 0.05) is 19.2 Å². The van der Waals surface area contributed by atoms with E-state index < -0.39 is 0 Å². The molecule has 2 aromatic heterocycles. The van der Waals surface area contributed by atoms with Crippen molar-refractivity contribution in [3.8, 4) is 5.75 Å². The Balaban J connectivity index is 1.69. The first-order chi connectivity index (χ1) is 12.2. The molecular formula is C18H19ClN4O2. The minimum Gasteiger partial charge on any atom is -0.497 e. The van der Waals surface area contributed by atoms with Crippen molar-refractivity contribution in [3.63, 3.8) is 0 Å². The van der Waals surface area contributed by atoms with Gasteiger partial charge in [-0.15, -0.1) is 0 Å².